The van der Waals surface area contributed by atoms with Crippen LogP contribution in [0.4, 0.5) is 0 Å². The summed E-state index contributed by atoms with van der Waals surface area (Å²) >= 11 is 0. The summed E-state index contributed by atoms with van der Waals surface area (Å²) in [5, 5.41) is 6.91. The largest absolute Gasteiger partial charge is 0.497 e. The van der Waals surface area contributed by atoms with Gasteiger partial charge in [-0.3, -0.25) is 9.89 Å². The minimum atomic E-state index is -3.61. The first-order valence-corrected chi connectivity index (χ1v) is 10.2. The van der Waals surface area contributed by atoms with Gasteiger partial charge in [-0.1, -0.05) is 0 Å². The molecule has 1 unspecified atom stereocenters. The summed E-state index contributed by atoms with van der Waals surface area (Å²) in [6.45, 7) is 0.764. The van der Waals surface area contributed by atoms with Crippen LogP contribution in [0.3, 0.4) is 0 Å². The second kappa shape index (κ2) is 7.69. The third-order valence-corrected chi connectivity index (χ3v) is 6.67. The molecule has 1 N–H and O–H groups in total. The van der Waals surface area contributed by atoms with Crippen molar-refractivity contribution >= 4 is 15.9 Å². The van der Waals surface area contributed by atoms with Crippen LogP contribution in [-0.2, 0) is 10.0 Å². The van der Waals surface area contributed by atoms with E-state index in [9.17, 15) is 13.2 Å². The first-order valence-electron chi connectivity index (χ1n) is 8.73. The Hall–Kier alpha value is -2.39. The topological polar surface area (TPSA) is 95.6 Å². The highest BCUT2D eigenvalue weighted by molar-refractivity contribution is 7.89. The smallest absolute Gasteiger partial charge is 0.256 e. The van der Waals surface area contributed by atoms with Crippen molar-refractivity contribution in [3.63, 3.8) is 0 Å². The lowest BCUT2D eigenvalue weighted by Crippen LogP contribution is -2.39. The van der Waals surface area contributed by atoms with Gasteiger partial charge in [-0.25, -0.2) is 8.42 Å². The number of carbonyl (C=O) groups excluding carboxylic acids is 1. The Bertz CT molecular complexity index is 906. The van der Waals surface area contributed by atoms with Crippen molar-refractivity contribution in [3.05, 3.63) is 41.7 Å². The Balaban J connectivity index is 1.84. The number of hydrogen-bond acceptors (Lipinski definition) is 5. The Morgan fingerprint density at radius 2 is 2.00 bits per heavy atom. The fraction of sp³-hybridized carbons (Fsp3) is 0.444. The average molecular weight is 392 g/mol. The molecule has 1 atom stereocenters. The van der Waals surface area contributed by atoms with E-state index in [0.717, 1.165) is 6.42 Å². The van der Waals surface area contributed by atoms with E-state index in [4.69, 9.17) is 4.74 Å². The summed E-state index contributed by atoms with van der Waals surface area (Å²) in [5.41, 5.74) is 1.19. The maximum atomic E-state index is 13.0. The summed E-state index contributed by atoms with van der Waals surface area (Å²) in [4.78, 5) is 14.1. The van der Waals surface area contributed by atoms with Crippen molar-refractivity contribution in [2.24, 2.45) is 0 Å². The highest BCUT2D eigenvalue weighted by Crippen LogP contribution is 2.31. The fourth-order valence-electron chi connectivity index (χ4n) is 3.31. The molecule has 9 heteroatoms. The third-order valence-electron chi connectivity index (χ3n) is 4.79. The molecule has 1 aliphatic heterocycles. The summed E-state index contributed by atoms with van der Waals surface area (Å²) in [5.74, 6) is 0.358. The van der Waals surface area contributed by atoms with Gasteiger partial charge in [0.25, 0.3) is 5.91 Å². The molecule has 0 radical (unpaired) electrons. The lowest BCUT2D eigenvalue weighted by molar-refractivity contribution is 0.0825. The molecule has 0 bridgehead atoms. The lowest BCUT2D eigenvalue weighted by atomic mass is 9.93. The van der Waals surface area contributed by atoms with Crippen molar-refractivity contribution < 1.29 is 17.9 Å². The molecule has 1 aromatic carbocycles. The van der Waals surface area contributed by atoms with Gasteiger partial charge in [-0.15, -0.1) is 0 Å². The SMILES string of the molecule is COc1ccc(S(=O)(=O)N2CCCC(c3[nH]ncc3C(=O)N(C)C)C2)cc1. The molecule has 1 aromatic heterocycles. The van der Waals surface area contributed by atoms with Crippen molar-refractivity contribution in [3.8, 4) is 5.75 Å². The summed E-state index contributed by atoms with van der Waals surface area (Å²) < 4.78 is 32.6. The number of aromatic nitrogens is 2. The maximum absolute atomic E-state index is 13.0. The van der Waals surface area contributed by atoms with Crippen molar-refractivity contribution in [1.29, 1.82) is 0 Å². The van der Waals surface area contributed by atoms with E-state index in [1.54, 1.807) is 38.4 Å². The number of amides is 1. The Morgan fingerprint density at radius 1 is 1.30 bits per heavy atom. The van der Waals surface area contributed by atoms with Crippen molar-refractivity contribution in [2.75, 3.05) is 34.3 Å². The average Bonchev–Trinajstić information content (AvgIpc) is 3.17. The van der Waals surface area contributed by atoms with E-state index in [-0.39, 0.29) is 16.7 Å². The molecule has 0 saturated carbocycles. The van der Waals surface area contributed by atoms with E-state index in [1.165, 1.54) is 22.5 Å². The van der Waals surface area contributed by atoms with Gasteiger partial charge in [-0.05, 0) is 37.1 Å². The number of piperidine rings is 1. The number of carbonyl (C=O) groups is 1. The maximum Gasteiger partial charge on any atom is 0.256 e. The van der Waals surface area contributed by atoms with Crippen LogP contribution in [0.25, 0.3) is 0 Å². The number of ether oxygens (including phenoxy) is 1. The summed E-state index contributed by atoms with van der Waals surface area (Å²) in [7, 11) is 1.29. The number of nitrogens with one attached hydrogen (secondary N) is 1. The van der Waals surface area contributed by atoms with Gasteiger partial charge in [-0.2, -0.15) is 9.40 Å². The Labute approximate surface area is 159 Å². The number of methoxy groups -OCH3 is 1. The Kier molecular flexibility index (Phi) is 5.52. The number of hydrogen-bond donors (Lipinski definition) is 1. The third kappa shape index (κ3) is 3.84. The van der Waals surface area contributed by atoms with Crippen LogP contribution in [0.2, 0.25) is 0 Å². The van der Waals surface area contributed by atoms with E-state index in [0.29, 0.717) is 36.5 Å². The second-order valence-electron chi connectivity index (χ2n) is 6.77. The molecular formula is C18H24N4O4S. The van der Waals surface area contributed by atoms with Crippen LogP contribution in [0, 0.1) is 0 Å². The standard InChI is InChI=1S/C18H24N4O4S/c1-21(2)18(23)16-11-19-20-17(16)13-5-4-10-22(12-13)27(24,25)15-8-6-14(26-3)7-9-15/h6-9,11,13H,4-5,10,12H2,1-3H3,(H,19,20). The van der Waals surface area contributed by atoms with Crippen LogP contribution < -0.4 is 4.74 Å². The molecule has 2 heterocycles. The molecule has 1 amide bonds. The zero-order valence-corrected chi connectivity index (χ0v) is 16.5. The quantitative estimate of drug-likeness (QED) is 0.835. The molecule has 146 valence electrons. The number of benzene rings is 1. The predicted octanol–water partition coefficient (Wildman–Crippen LogP) is 1.69. The number of sulfonamides is 1. The monoisotopic (exact) mass is 392 g/mol. The van der Waals surface area contributed by atoms with Crippen LogP contribution in [0.15, 0.2) is 35.4 Å². The van der Waals surface area contributed by atoms with E-state index in [1.807, 2.05) is 0 Å². The molecule has 1 saturated heterocycles. The molecular weight excluding hydrogens is 368 g/mol. The van der Waals surface area contributed by atoms with Gasteiger partial charge in [0.1, 0.15) is 5.75 Å². The molecule has 1 fully saturated rings. The normalized spacial score (nSPS) is 18.3. The highest BCUT2D eigenvalue weighted by Gasteiger charge is 2.33. The molecule has 1 aliphatic rings. The Morgan fingerprint density at radius 3 is 2.63 bits per heavy atom. The predicted molar refractivity (Wildman–Crippen MR) is 100 cm³/mol. The zero-order valence-electron chi connectivity index (χ0n) is 15.7. The first-order chi connectivity index (χ1) is 12.8. The van der Waals surface area contributed by atoms with Crippen LogP contribution in [0.5, 0.6) is 5.75 Å². The summed E-state index contributed by atoms with van der Waals surface area (Å²) in [6.07, 6.45) is 3.02. The molecule has 3 rings (SSSR count). The zero-order chi connectivity index (χ0) is 19.6. The number of rotatable bonds is 5. The number of nitrogens with zero attached hydrogens (tertiary/aromatic N) is 3. The molecule has 8 nitrogen and oxygen atoms in total. The van der Waals surface area contributed by atoms with Gasteiger partial charge >= 0.3 is 0 Å². The van der Waals surface area contributed by atoms with Crippen LogP contribution >= 0.6 is 0 Å². The van der Waals surface area contributed by atoms with Crippen LogP contribution in [-0.4, -0.2) is 68.0 Å². The van der Waals surface area contributed by atoms with E-state index >= 15 is 0 Å². The van der Waals surface area contributed by atoms with Crippen LogP contribution in [0.1, 0.15) is 34.8 Å². The first kappa shape index (κ1) is 19.4. The van der Waals surface area contributed by atoms with Crippen molar-refractivity contribution in [1.82, 2.24) is 19.4 Å². The van der Waals surface area contributed by atoms with E-state index in [2.05, 4.69) is 10.2 Å². The fourth-order valence-corrected chi connectivity index (χ4v) is 4.84. The van der Waals surface area contributed by atoms with Gasteiger partial charge in [0.15, 0.2) is 0 Å². The summed E-state index contributed by atoms with van der Waals surface area (Å²) in [6, 6.07) is 6.37. The van der Waals surface area contributed by atoms with Gasteiger partial charge in [0.05, 0.1) is 29.5 Å². The minimum absolute atomic E-state index is 0.104. The van der Waals surface area contributed by atoms with Gasteiger partial charge in [0.2, 0.25) is 10.0 Å². The molecule has 0 aliphatic carbocycles. The second-order valence-corrected chi connectivity index (χ2v) is 8.71. The molecule has 27 heavy (non-hydrogen) atoms. The lowest BCUT2D eigenvalue weighted by Gasteiger charge is -2.32. The van der Waals surface area contributed by atoms with Gasteiger partial charge < -0.3 is 9.64 Å². The number of H-pyrrole nitrogens is 1. The number of aromatic amines is 1. The van der Waals surface area contributed by atoms with E-state index < -0.39 is 10.0 Å². The molecule has 0 spiro atoms. The highest BCUT2D eigenvalue weighted by atomic mass is 32.2. The minimum Gasteiger partial charge on any atom is -0.497 e. The van der Waals surface area contributed by atoms with Crippen molar-refractivity contribution in [2.45, 2.75) is 23.7 Å². The van der Waals surface area contributed by atoms with Gasteiger partial charge in [0, 0.05) is 33.1 Å². The molecule has 2 aromatic rings.